The van der Waals surface area contributed by atoms with E-state index in [2.05, 4.69) is 22.5 Å². The second-order valence-electron chi connectivity index (χ2n) is 5.49. The highest BCUT2D eigenvalue weighted by Gasteiger charge is 2.08. The number of hydrogen-bond donors (Lipinski definition) is 1. The van der Waals surface area contributed by atoms with Crippen LogP contribution in [0, 0.1) is 13.8 Å². The van der Waals surface area contributed by atoms with Crippen LogP contribution in [-0.4, -0.2) is 22.2 Å². The number of carbonyl (C=O) groups is 1. The Hall–Kier alpha value is -2.40. The average molecular weight is 325 g/mol. The lowest BCUT2D eigenvalue weighted by Crippen LogP contribution is -2.27. The Balaban J connectivity index is 1.58. The largest absolute Gasteiger partial charge is 0.350 e. The standard InChI is InChI=1S/C18H19N3OS/c1-13-5-7-15(8-6-13)18(22)19-9-10-21-14(2)12-16(20-21)17-4-3-11-23-17/h3-8,11-12H,9-10H2,1-2H3,(H,19,22). The van der Waals surface area contributed by atoms with Crippen molar-refractivity contribution in [2.45, 2.75) is 20.4 Å². The van der Waals surface area contributed by atoms with E-state index in [4.69, 9.17) is 0 Å². The van der Waals surface area contributed by atoms with Gasteiger partial charge in [-0.15, -0.1) is 11.3 Å². The van der Waals surface area contributed by atoms with E-state index in [-0.39, 0.29) is 5.91 Å². The average Bonchev–Trinajstić information content (AvgIpc) is 3.18. The number of nitrogens with one attached hydrogen (secondary N) is 1. The molecule has 0 bridgehead atoms. The number of hydrogen-bond acceptors (Lipinski definition) is 3. The van der Waals surface area contributed by atoms with Crippen LogP contribution in [0.4, 0.5) is 0 Å². The van der Waals surface area contributed by atoms with Crippen molar-refractivity contribution in [3.8, 4) is 10.6 Å². The summed E-state index contributed by atoms with van der Waals surface area (Å²) in [6.45, 7) is 5.26. The Kier molecular flexibility index (Phi) is 4.57. The van der Waals surface area contributed by atoms with Crippen molar-refractivity contribution in [3.05, 3.63) is 64.7 Å². The minimum Gasteiger partial charge on any atom is -0.350 e. The molecule has 118 valence electrons. The molecule has 23 heavy (non-hydrogen) atoms. The molecule has 0 saturated carbocycles. The summed E-state index contributed by atoms with van der Waals surface area (Å²) < 4.78 is 1.93. The fourth-order valence-electron chi connectivity index (χ4n) is 2.36. The summed E-state index contributed by atoms with van der Waals surface area (Å²) in [5.41, 5.74) is 3.92. The summed E-state index contributed by atoms with van der Waals surface area (Å²) in [7, 11) is 0. The molecule has 2 heterocycles. The summed E-state index contributed by atoms with van der Waals surface area (Å²) in [5, 5.41) is 9.60. The molecule has 3 rings (SSSR count). The molecule has 3 aromatic rings. The molecule has 0 spiro atoms. The normalized spacial score (nSPS) is 10.7. The Labute approximate surface area is 139 Å². The number of benzene rings is 1. The second-order valence-corrected chi connectivity index (χ2v) is 6.44. The van der Waals surface area contributed by atoms with E-state index in [1.807, 2.05) is 54.2 Å². The first-order chi connectivity index (χ1) is 11.1. The van der Waals surface area contributed by atoms with Crippen LogP contribution in [0.5, 0.6) is 0 Å². The van der Waals surface area contributed by atoms with Crippen LogP contribution >= 0.6 is 11.3 Å². The highest BCUT2D eigenvalue weighted by molar-refractivity contribution is 7.13. The van der Waals surface area contributed by atoms with Gasteiger partial charge in [-0.2, -0.15) is 5.10 Å². The van der Waals surface area contributed by atoms with Gasteiger partial charge in [-0.3, -0.25) is 9.48 Å². The molecule has 0 saturated heterocycles. The number of thiophene rings is 1. The Morgan fingerprint density at radius 1 is 1.22 bits per heavy atom. The quantitative estimate of drug-likeness (QED) is 0.778. The zero-order chi connectivity index (χ0) is 16.2. The van der Waals surface area contributed by atoms with Crippen LogP contribution in [0.25, 0.3) is 10.6 Å². The SMILES string of the molecule is Cc1ccc(C(=O)NCCn2nc(-c3cccs3)cc2C)cc1. The lowest BCUT2D eigenvalue weighted by atomic mass is 10.1. The van der Waals surface area contributed by atoms with E-state index in [0.717, 1.165) is 21.8 Å². The molecule has 0 unspecified atom stereocenters. The molecule has 0 radical (unpaired) electrons. The third kappa shape index (κ3) is 3.68. The maximum absolute atomic E-state index is 12.1. The van der Waals surface area contributed by atoms with Crippen LogP contribution in [0.1, 0.15) is 21.6 Å². The summed E-state index contributed by atoms with van der Waals surface area (Å²) in [5.74, 6) is -0.0479. The highest BCUT2D eigenvalue weighted by atomic mass is 32.1. The molecule has 0 aliphatic carbocycles. The maximum atomic E-state index is 12.1. The van der Waals surface area contributed by atoms with Gasteiger partial charge in [0.2, 0.25) is 0 Å². The third-order valence-corrected chi connectivity index (χ3v) is 4.57. The molecule has 5 heteroatoms. The van der Waals surface area contributed by atoms with E-state index in [1.54, 1.807) is 11.3 Å². The van der Waals surface area contributed by atoms with Crippen molar-refractivity contribution in [1.29, 1.82) is 0 Å². The van der Waals surface area contributed by atoms with Gasteiger partial charge in [0.1, 0.15) is 5.69 Å². The Bertz CT molecular complexity index is 788. The predicted molar refractivity (Wildman–Crippen MR) is 93.8 cm³/mol. The first kappa shape index (κ1) is 15.5. The number of rotatable bonds is 5. The van der Waals surface area contributed by atoms with Crippen LogP contribution in [-0.2, 0) is 6.54 Å². The molecule has 0 aliphatic heterocycles. The fraction of sp³-hybridized carbons (Fsp3) is 0.222. The predicted octanol–water partition coefficient (Wildman–Crippen LogP) is 3.66. The van der Waals surface area contributed by atoms with Crippen molar-refractivity contribution in [2.75, 3.05) is 6.54 Å². The van der Waals surface area contributed by atoms with E-state index in [9.17, 15) is 4.79 Å². The van der Waals surface area contributed by atoms with Crippen molar-refractivity contribution in [3.63, 3.8) is 0 Å². The Morgan fingerprint density at radius 2 is 2.00 bits per heavy atom. The molecular formula is C18H19N3OS. The third-order valence-electron chi connectivity index (χ3n) is 3.68. The van der Waals surface area contributed by atoms with E-state index < -0.39 is 0 Å². The van der Waals surface area contributed by atoms with Gasteiger partial charge in [-0.25, -0.2) is 0 Å². The van der Waals surface area contributed by atoms with Crippen LogP contribution in [0.2, 0.25) is 0 Å². The van der Waals surface area contributed by atoms with Gasteiger partial charge in [0, 0.05) is 17.8 Å². The monoisotopic (exact) mass is 325 g/mol. The minimum atomic E-state index is -0.0479. The topological polar surface area (TPSA) is 46.9 Å². The van der Waals surface area contributed by atoms with E-state index in [1.165, 1.54) is 0 Å². The summed E-state index contributed by atoms with van der Waals surface area (Å²) in [6.07, 6.45) is 0. The molecule has 0 atom stereocenters. The molecule has 0 fully saturated rings. The van der Waals surface area contributed by atoms with Crippen molar-refractivity contribution in [2.24, 2.45) is 0 Å². The molecule has 1 aromatic carbocycles. The van der Waals surface area contributed by atoms with Crippen LogP contribution in [0.3, 0.4) is 0 Å². The molecule has 4 nitrogen and oxygen atoms in total. The lowest BCUT2D eigenvalue weighted by molar-refractivity contribution is 0.0952. The molecule has 0 aliphatic rings. The van der Waals surface area contributed by atoms with Crippen molar-refractivity contribution < 1.29 is 4.79 Å². The lowest BCUT2D eigenvalue weighted by Gasteiger charge is -2.07. The van der Waals surface area contributed by atoms with Gasteiger partial charge >= 0.3 is 0 Å². The van der Waals surface area contributed by atoms with Gasteiger partial charge in [-0.1, -0.05) is 23.8 Å². The van der Waals surface area contributed by atoms with Gasteiger partial charge in [-0.05, 0) is 43.5 Å². The fourth-order valence-corrected chi connectivity index (χ4v) is 3.04. The first-order valence-corrected chi connectivity index (χ1v) is 8.44. The van der Waals surface area contributed by atoms with E-state index in [0.29, 0.717) is 18.7 Å². The smallest absolute Gasteiger partial charge is 0.251 e. The summed E-state index contributed by atoms with van der Waals surface area (Å²) in [6, 6.07) is 13.7. The minimum absolute atomic E-state index is 0.0479. The van der Waals surface area contributed by atoms with Crippen molar-refractivity contribution >= 4 is 17.2 Å². The highest BCUT2D eigenvalue weighted by Crippen LogP contribution is 2.23. The second kappa shape index (κ2) is 6.79. The van der Waals surface area contributed by atoms with Crippen LogP contribution < -0.4 is 5.32 Å². The zero-order valence-corrected chi connectivity index (χ0v) is 14.1. The molecular weight excluding hydrogens is 306 g/mol. The number of carbonyl (C=O) groups excluding carboxylic acids is 1. The van der Waals surface area contributed by atoms with Gasteiger partial charge in [0.25, 0.3) is 5.91 Å². The number of amides is 1. The number of aryl methyl sites for hydroxylation is 2. The first-order valence-electron chi connectivity index (χ1n) is 7.57. The van der Waals surface area contributed by atoms with Gasteiger partial charge in [0.15, 0.2) is 0 Å². The van der Waals surface area contributed by atoms with Gasteiger partial charge < -0.3 is 5.32 Å². The summed E-state index contributed by atoms with van der Waals surface area (Å²) in [4.78, 5) is 13.2. The molecule has 1 amide bonds. The number of aromatic nitrogens is 2. The van der Waals surface area contributed by atoms with Gasteiger partial charge in [0.05, 0.1) is 11.4 Å². The number of nitrogens with zero attached hydrogens (tertiary/aromatic N) is 2. The van der Waals surface area contributed by atoms with E-state index >= 15 is 0 Å². The zero-order valence-electron chi connectivity index (χ0n) is 13.2. The van der Waals surface area contributed by atoms with Crippen LogP contribution in [0.15, 0.2) is 47.8 Å². The molecule has 1 N–H and O–H groups in total. The summed E-state index contributed by atoms with van der Waals surface area (Å²) >= 11 is 1.68. The molecule has 2 aromatic heterocycles. The Morgan fingerprint density at radius 3 is 2.70 bits per heavy atom. The van der Waals surface area contributed by atoms with Crippen molar-refractivity contribution in [1.82, 2.24) is 15.1 Å². The maximum Gasteiger partial charge on any atom is 0.251 e.